The van der Waals surface area contributed by atoms with Gasteiger partial charge in [-0.05, 0) is 19.4 Å². The standard InChI is InChI=1S/C14H16N4O4S.C2HF3O2/c19-12(17-14-15-3-5-23-14)9-2-1-4-18(6-9)7-11-16-10(8-22-11)13(20)21;3-2(4,5)1(6)7/h3,5,8-9H,1-2,4,6-7H2,(H,20,21)(H,15,17,19);(H,6,7). The van der Waals surface area contributed by atoms with Crippen LogP contribution in [0.4, 0.5) is 18.3 Å². The Labute approximate surface area is 171 Å². The van der Waals surface area contributed by atoms with Crippen LogP contribution in [0.5, 0.6) is 0 Å². The molecule has 1 unspecified atom stereocenters. The predicted octanol–water partition coefficient (Wildman–Crippen LogP) is 2.31. The quantitative estimate of drug-likeness (QED) is 0.624. The Hall–Kier alpha value is -3.00. The molecule has 3 heterocycles. The average molecular weight is 450 g/mol. The van der Waals surface area contributed by atoms with Crippen molar-refractivity contribution in [2.75, 3.05) is 18.4 Å². The maximum absolute atomic E-state index is 12.3. The van der Waals surface area contributed by atoms with Crippen molar-refractivity contribution in [1.29, 1.82) is 0 Å². The fourth-order valence-electron chi connectivity index (χ4n) is 2.58. The highest BCUT2D eigenvalue weighted by atomic mass is 32.1. The van der Waals surface area contributed by atoms with Crippen LogP contribution in [0.3, 0.4) is 0 Å². The number of hydrogen-bond acceptors (Lipinski definition) is 8. The fraction of sp³-hybridized carbons (Fsp3) is 0.438. The van der Waals surface area contributed by atoms with Gasteiger partial charge in [-0.3, -0.25) is 9.69 Å². The highest BCUT2D eigenvalue weighted by Crippen LogP contribution is 2.21. The van der Waals surface area contributed by atoms with Crippen molar-refractivity contribution in [1.82, 2.24) is 14.9 Å². The summed E-state index contributed by atoms with van der Waals surface area (Å²) in [6.07, 6.45) is -0.591. The molecule has 14 heteroatoms. The molecule has 1 aliphatic heterocycles. The highest BCUT2D eigenvalue weighted by Gasteiger charge is 2.38. The number of alkyl halides is 3. The van der Waals surface area contributed by atoms with E-state index in [0.717, 1.165) is 25.6 Å². The number of carbonyl (C=O) groups excluding carboxylic acids is 1. The van der Waals surface area contributed by atoms with Gasteiger partial charge in [-0.25, -0.2) is 19.6 Å². The number of aromatic nitrogens is 2. The summed E-state index contributed by atoms with van der Waals surface area (Å²) in [6, 6.07) is 0. The topological polar surface area (TPSA) is 146 Å². The molecule has 0 spiro atoms. The van der Waals surface area contributed by atoms with Crippen LogP contribution < -0.4 is 5.32 Å². The van der Waals surface area contributed by atoms with Gasteiger partial charge in [-0.1, -0.05) is 0 Å². The summed E-state index contributed by atoms with van der Waals surface area (Å²) in [5.41, 5.74) is -0.102. The molecule has 10 nitrogen and oxygen atoms in total. The van der Waals surface area contributed by atoms with Gasteiger partial charge in [0.2, 0.25) is 11.8 Å². The van der Waals surface area contributed by atoms with Crippen LogP contribution >= 0.6 is 11.3 Å². The van der Waals surface area contributed by atoms with Crippen LogP contribution in [-0.4, -0.2) is 62.2 Å². The number of aromatic carboxylic acids is 1. The first-order valence-electron chi connectivity index (χ1n) is 8.46. The molecule has 1 saturated heterocycles. The molecule has 0 saturated carbocycles. The molecule has 1 atom stereocenters. The van der Waals surface area contributed by atoms with Crippen molar-refractivity contribution in [2.45, 2.75) is 25.6 Å². The van der Waals surface area contributed by atoms with E-state index in [0.29, 0.717) is 24.1 Å². The Balaban J connectivity index is 0.000000396. The zero-order valence-electron chi connectivity index (χ0n) is 15.3. The minimum atomic E-state index is -5.08. The molecule has 3 N–H and O–H groups in total. The van der Waals surface area contributed by atoms with Gasteiger partial charge in [0.25, 0.3) is 0 Å². The molecule has 0 aliphatic carbocycles. The van der Waals surface area contributed by atoms with Crippen LogP contribution in [0.2, 0.25) is 0 Å². The lowest BCUT2D eigenvalue weighted by molar-refractivity contribution is -0.192. The number of oxazole rings is 1. The first kappa shape index (κ1) is 23.3. The average Bonchev–Trinajstić information content (AvgIpc) is 3.34. The maximum atomic E-state index is 12.3. The molecule has 164 valence electrons. The lowest BCUT2D eigenvalue weighted by Crippen LogP contribution is -2.40. The molecule has 0 radical (unpaired) electrons. The monoisotopic (exact) mass is 450 g/mol. The summed E-state index contributed by atoms with van der Waals surface area (Å²) in [4.78, 5) is 42.0. The van der Waals surface area contributed by atoms with E-state index in [1.54, 1.807) is 6.20 Å². The van der Waals surface area contributed by atoms with Gasteiger partial charge in [0.1, 0.15) is 6.26 Å². The Bertz CT molecular complexity index is 871. The summed E-state index contributed by atoms with van der Waals surface area (Å²) in [7, 11) is 0. The highest BCUT2D eigenvalue weighted by molar-refractivity contribution is 7.13. The summed E-state index contributed by atoms with van der Waals surface area (Å²) in [5, 5.41) is 21.2. The number of carbonyl (C=O) groups is 3. The third kappa shape index (κ3) is 7.11. The Morgan fingerprint density at radius 3 is 2.57 bits per heavy atom. The third-order valence-corrected chi connectivity index (χ3v) is 4.60. The summed E-state index contributed by atoms with van der Waals surface area (Å²) in [5.74, 6) is -3.68. The van der Waals surface area contributed by atoms with Crippen LogP contribution in [0.15, 0.2) is 22.3 Å². The van der Waals surface area contributed by atoms with Crippen LogP contribution in [0, 0.1) is 5.92 Å². The number of nitrogens with one attached hydrogen (secondary N) is 1. The maximum Gasteiger partial charge on any atom is 0.490 e. The number of halogens is 3. The number of piperidine rings is 1. The summed E-state index contributed by atoms with van der Waals surface area (Å²) in [6.45, 7) is 1.81. The number of amides is 1. The van der Waals surface area contributed by atoms with Crippen molar-refractivity contribution in [2.24, 2.45) is 5.92 Å². The van der Waals surface area contributed by atoms with Gasteiger partial charge in [-0.2, -0.15) is 13.2 Å². The predicted molar refractivity (Wildman–Crippen MR) is 95.9 cm³/mol. The van der Waals surface area contributed by atoms with Gasteiger partial charge < -0.3 is 19.9 Å². The van der Waals surface area contributed by atoms with E-state index in [-0.39, 0.29) is 17.5 Å². The molecule has 0 aromatic carbocycles. The van der Waals surface area contributed by atoms with E-state index in [1.807, 2.05) is 10.3 Å². The van der Waals surface area contributed by atoms with E-state index < -0.39 is 18.1 Å². The number of anilines is 1. The lowest BCUT2D eigenvalue weighted by atomic mass is 9.97. The van der Waals surface area contributed by atoms with Crippen molar-refractivity contribution in [3.63, 3.8) is 0 Å². The van der Waals surface area contributed by atoms with Crippen molar-refractivity contribution >= 4 is 34.3 Å². The minimum Gasteiger partial charge on any atom is -0.476 e. The van der Waals surface area contributed by atoms with Gasteiger partial charge in [-0.15, -0.1) is 11.3 Å². The molecular weight excluding hydrogens is 433 g/mol. The molecule has 1 fully saturated rings. The fourth-order valence-corrected chi connectivity index (χ4v) is 3.11. The number of carboxylic acids is 2. The number of likely N-dealkylation sites (tertiary alicyclic amines) is 1. The second-order valence-electron chi connectivity index (χ2n) is 6.14. The van der Waals surface area contributed by atoms with Crippen molar-refractivity contribution in [3.8, 4) is 0 Å². The Morgan fingerprint density at radius 1 is 1.33 bits per heavy atom. The van der Waals surface area contributed by atoms with Crippen molar-refractivity contribution in [3.05, 3.63) is 29.4 Å². The number of aliphatic carboxylic acids is 1. The molecule has 1 aliphatic rings. The molecule has 2 aromatic rings. The Morgan fingerprint density at radius 2 is 2.03 bits per heavy atom. The zero-order valence-corrected chi connectivity index (χ0v) is 16.1. The van der Waals surface area contributed by atoms with Gasteiger partial charge in [0.05, 0.1) is 12.5 Å². The van der Waals surface area contributed by atoms with Gasteiger partial charge >= 0.3 is 18.1 Å². The van der Waals surface area contributed by atoms with E-state index in [4.69, 9.17) is 19.4 Å². The van der Waals surface area contributed by atoms with Gasteiger partial charge in [0, 0.05) is 18.1 Å². The van der Waals surface area contributed by atoms with Crippen molar-refractivity contribution < 1.29 is 42.2 Å². The summed E-state index contributed by atoms with van der Waals surface area (Å²) < 4.78 is 36.9. The molecule has 3 rings (SSSR count). The second-order valence-corrected chi connectivity index (χ2v) is 7.03. The normalized spacial score (nSPS) is 17.0. The first-order valence-corrected chi connectivity index (χ1v) is 9.34. The first-order chi connectivity index (χ1) is 14.1. The van der Waals surface area contributed by atoms with Gasteiger partial charge in [0.15, 0.2) is 10.8 Å². The number of carboxylic acid groups (broad SMARTS) is 2. The number of hydrogen-bond donors (Lipinski definition) is 3. The SMILES string of the molecule is O=C(O)C(F)(F)F.O=C(O)c1coc(CN2CCCC(C(=O)Nc3nccs3)C2)n1. The van der Waals surface area contributed by atoms with E-state index >= 15 is 0 Å². The zero-order chi connectivity index (χ0) is 22.3. The lowest BCUT2D eigenvalue weighted by Gasteiger charge is -2.30. The van der Waals surface area contributed by atoms with Crippen LogP contribution in [0.1, 0.15) is 29.2 Å². The minimum absolute atomic E-state index is 0.0386. The third-order valence-electron chi connectivity index (χ3n) is 3.91. The van der Waals surface area contributed by atoms with E-state index in [1.165, 1.54) is 11.3 Å². The molecule has 2 aromatic heterocycles. The largest absolute Gasteiger partial charge is 0.490 e. The second kappa shape index (κ2) is 10.2. The number of thiazole rings is 1. The van der Waals surface area contributed by atoms with E-state index in [2.05, 4.69) is 15.3 Å². The van der Waals surface area contributed by atoms with Crippen LogP contribution in [-0.2, 0) is 16.1 Å². The number of rotatable bonds is 5. The molecule has 30 heavy (non-hydrogen) atoms. The molecule has 1 amide bonds. The molecular formula is C16H17F3N4O6S. The smallest absolute Gasteiger partial charge is 0.476 e. The summed E-state index contributed by atoms with van der Waals surface area (Å²) >= 11 is 1.39. The Kier molecular flexibility index (Phi) is 7.88. The molecule has 0 bridgehead atoms. The van der Waals surface area contributed by atoms with Crippen LogP contribution in [0.25, 0.3) is 0 Å². The number of nitrogens with zero attached hydrogens (tertiary/aromatic N) is 3. The van der Waals surface area contributed by atoms with E-state index in [9.17, 15) is 22.8 Å².